The minimum atomic E-state index is -0.660. The second kappa shape index (κ2) is 6.29. The SMILES string of the molecule is O=C(/C=C(\C1=CC=CN=CN1)[N+](=O)[O-])c1cccc(O)c1. The number of carbonyl (C=O) groups is 1. The fourth-order valence-corrected chi connectivity index (χ4v) is 1.64. The van der Waals surface area contributed by atoms with Crippen molar-refractivity contribution >= 4 is 12.1 Å². The van der Waals surface area contributed by atoms with Crippen molar-refractivity contribution in [2.45, 2.75) is 0 Å². The summed E-state index contributed by atoms with van der Waals surface area (Å²) >= 11 is 0. The van der Waals surface area contributed by atoms with Crippen molar-refractivity contribution in [2.75, 3.05) is 0 Å². The number of allylic oxidation sites excluding steroid dienone is 3. The Morgan fingerprint density at radius 1 is 1.43 bits per heavy atom. The van der Waals surface area contributed by atoms with Crippen molar-refractivity contribution in [3.05, 3.63) is 75.8 Å². The summed E-state index contributed by atoms with van der Waals surface area (Å²) in [4.78, 5) is 26.3. The highest BCUT2D eigenvalue weighted by Crippen LogP contribution is 2.15. The number of rotatable bonds is 4. The van der Waals surface area contributed by atoms with E-state index in [0.717, 1.165) is 6.08 Å². The number of benzene rings is 1. The molecule has 0 aromatic heterocycles. The summed E-state index contributed by atoms with van der Waals surface area (Å²) in [6.45, 7) is 0. The van der Waals surface area contributed by atoms with Crippen LogP contribution in [0.3, 0.4) is 0 Å². The van der Waals surface area contributed by atoms with Gasteiger partial charge in [-0.15, -0.1) is 0 Å². The van der Waals surface area contributed by atoms with Crippen molar-refractivity contribution in [3.63, 3.8) is 0 Å². The van der Waals surface area contributed by atoms with Crippen LogP contribution in [0.1, 0.15) is 10.4 Å². The lowest BCUT2D eigenvalue weighted by Gasteiger charge is -2.03. The molecular formula is C14H11N3O4. The summed E-state index contributed by atoms with van der Waals surface area (Å²) in [6, 6.07) is 5.60. The number of ketones is 1. The first kappa shape index (κ1) is 14.2. The van der Waals surface area contributed by atoms with Crippen molar-refractivity contribution in [3.8, 4) is 5.75 Å². The minimum Gasteiger partial charge on any atom is -0.508 e. The van der Waals surface area contributed by atoms with Crippen LogP contribution in [0.4, 0.5) is 0 Å². The summed E-state index contributed by atoms with van der Waals surface area (Å²) in [5.74, 6) is -0.663. The van der Waals surface area contributed by atoms with Gasteiger partial charge >= 0.3 is 0 Å². The van der Waals surface area contributed by atoms with Gasteiger partial charge in [0, 0.05) is 11.8 Å². The molecule has 0 bridgehead atoms. The van der Waals surface area contributed by atoms with Gasteiger partial charge in [-0.3, -0.25) is 14.9 Å². The van der Waals surface area contributed by atoms with Crippen LogP contribution in [0, 0.1) is 10.1 Å². The lowest BCUT2D eigenvalue weighted by molar-refractivity contribution is -0.421. The van der Waals surface area contributed by atoms with Crippen LogP contribution in [0.5, 0.6) is 5.75 Å². The Kier molecular flexibility index (Phi) is 4.25. The Labute approximate surface area is 119 Å². The molecule has 0 fully saturated rings. The maximum atomic E-state index is 12.0. The van der Waals surface area contributed by atoms with E-state index in [1.54, 1.807) is 0 Å². The van der Waals surface area contributed by atoms with E-state index in [4.69, 9.17) is 0 Å². The van der Waals surface area contributed by atoms with Crippen molar-refractivity contribution in [1.82, 2.24) is 5.32 Å². The zero-order valence-corrected chi connectivity index (χ0v) is 10.8. The van der Waals surface area contributed by atoms with Crippen molar-refractivity contribution in [2.24, 2.45) is 4.99 Å². The number of hydrogen-bond acceptors (Lipinski definition) is 6. The van der Waals surface area contributed by atoms with Gasteiger partial charge in [0.15, 0.2) is 5.78 Å². The number of phenolic OH excluding ortho intramolecular Hbond substituents is 1. The normalized spacial score (nSPS) is 14.1. The van der Waals surface area contributed by atoms with Crippen LogP contribution in [-0.2, 0) is 0 Å². The molecule has 2 rings (SSSR count). The van der Waals surface area contributed by atoms with Gasteiger partial charge < -0.3 is 10.4 Å². The highest BCUT2D eigenvalue weighted by molar-refractivity contribution is 6.05. The number of nitro groups is 1. The summed E-state index contributed by atoms with van der Waals surface area (Å²) < 4.78 is 0. The number of hydrogen-bond donors (Lipinski definition) is 2. The lowest BCUT2D eigenvalue weighted by atomic mass is 10.1. The first-order chi connectivity index (χ1) is 10.1. The highest BCUT2D eigenvalue weighted by atomic mass is 16.6. The van der Waals surface area contributed by atoms with Gasteiger partial charge in [0.1, 0.15) is 11.4 Å². The molecule has 7 nitrogen and oxygen atoms in total. The van der Waals surface area contributed by atoms with Crippen LogP contribution >= 0.6 is 0 Å². The van der Waals surface area contributed by atoms with E-state index in [0.29, 0.717) is 0 Å². The Balaban J connectivity index is 2.36. The molecule has 0 spiro atoms. The molecule has 0 saturated heterocycles. The number of nitrogens with zero attached hydrogens (tertiary/aromatic N) is 2. The molecule has 1 aliphatic heterocycles. The first-order valence-corrected chi connectivity index (χ1v) is 5.93. The topological polar surface area (TPSA) is 105 Å². The summed E-state index contributed by atoms with van der Waals surface area (Å²) in [7, 11) is 0. The van der Waals surface area contributed by atoms with Crippen molar-refractivity contribution in [1.29, 1.82) is 0 Å². The smallest absolute Gasteiger partial charge is 0.296 e. The molecule has 7 heteroatoms. The number of phenols is 1. The Bertz CT molecular complexity index is 702. The largest absolute Gasteiger partial charge is 0.508 e. The van der Waals surface area contributed by atoms with Gasteiger partial charge in [0.05, 0.1) is 17.3 Å². The molecule has 0 atom stereocenters. The van der Waals surface area contributed by atoms with Gasteiger partial charge in [-0.05, 0) is 24.3 Å². The fourth-order valence-electron chi connectivity index (χ4n) is 1.64. The third kappa shape index (κ3) is 3.63. The summed E-state index contributed by atoms with van der Waals surface area (Å²) in [5.41, 5.74) is -0.0832. The fraction of sp³-hybridized carbons (Fsp3) is 0. The minimum absolute atomic E-state index is 0.0845. The van der Waals surface area contributed by atoms with E-state index in [2.05, 4.69) is 10.3 Å². The van der Waals surface area contributed by atoms with E-state index < -0.39 is 10.7 Å². The first-order valence-electron chi connectivity index (χ1n) is 5.93. The molecule has 0 amide bonds. The second-order valence-corrected chi connectivity index (χ2v) is 4.05. The van der Waals surface area contributed by atoms with Crippen molar-refractivity contribution < 1.29 is 14.8 Å². The monoisotopic (exact) mass is 285 g/mol. The Hall–Kier alpha value is -3.22. The molecule has 2 N–H and O–H groups in total. The second-order valence-electron chi connectivity index (χ2n) is 4.05. The molecular weight excluding hydrogens is 274 g/mol. The van der Waals surface area contributed by atoms with E-state index in [-0.39, 0.29) is 22.7 Å². The number of carbonyl (C=O) groups excluding carboxylic acids is 1. The molecule has 0 saturated carbocycles. The van der Waals surface area contributed by atoms with E-state index in [1.807, 2.05) is 0 Å². The zero-order valence-electron chi connectivity index (χ0n) is 10.8. The average molecular weight is 285 g/mol. The van der Waals surface area contributed by atoms with Gasteiger partial charge in [-0.1, -0.05) is 12.1 Å². The molecule has 1 aromatic carbocycles. The zero-order chi connectivity index (χ0) is 15.2. The van der Waals surface area contributed by atoms with Gasteiger partial charge in [-0.2, -0.15) is 0 Å². The van der Waals surface area contributed by atoms with E-state index in [9.17, 15) is 20.0 Å². The van der Waals surface area contributed by atoms with E-state index in [1.165, 1.54) is 49.0 Å². The van der Waals surface area contributed by atoms with Crippen LogP contribution < -0.4 is 5.32 Å². The molecule has 1 heterocycles. The van der Waals surface area contributed by atoms with Gasteiger partial charge in [-0.25, -0.2) is 4.99 Å². The molecule has 1 aliphatic rings. The van der Waals surface area contributed by atoms with Gasteiger partial charge in [0.2, 0.25) is 0 Å². The maximum absolute atomic E-state index is 12.0. The average Bonchev–Trinajstić information content (AvgIpc) is 2.73. The summed E-state index contributed by atoms with van der Waals surface area (Å²) in [5, 5.41) is 23.1. The molecule has 21 heavy (non-hydrogen) atoms. The predicted molar refractivity (Wildman–Crippen MR) is 76.4 cm³/mol. The molecule has 1 aromatic rings. The lowest BCUT2D eigenvalue weighted by Crippen LogP contribution is -2.17. The molecule has 106 valence electrons. The molecule has 0 radical (unpaired) electrons. The van der Waals surface area contributed by atoms with Crippen LogP contribution in [-0.4, -0.2) is 22.2 Å². The maximum Gasteiger partial charge on any atom is 0.296 e. The standard InChI is InChI=1S/C14H11N3O4/c18-11-4-1-3-10(7-11)14(19)8-13(17(20)21)12-5-2-6-15-9-16-12/h1-9,18H,(H,15,16)/b13-8+. The quantitative estimate of drug-likeness (QED) is 0.379. The third-order valence-corrected chi connectivity index (χ3v) is 2.60. The number of nitrogens with one attached hydrogen (secondary N) is 1. The summed E-state index contributed by atoms with van der Waals surface area (Å²) in [6.07, 6.45) is 6.60. The Morgan fingerprint density at radius 2 is 2.24 bits per heavy atom. The highest BCUT2D eigenvalue weighted by Gasteiger charge is 2.19. The predicted octanol–water partition coefficient (Wildman–Crippen LogP) is 1.76. The van der Waals surface area contributed by atoms with Crippen LogP contribution in [0.25, 0.3) is 0 Å². The molecule has 0 aliphatic carbocycles. The molecule has 0 unspecified atom stereocenters. The Morgan fingerprint density at radius 3 is 2.95 bits per heavy atom. The van der Waals surface area contributed by atoms with E-state index >= 15 is 0 Å². The number of aliphatic imine (C=N–C) groups is 1. The number of aromatic hydroxyl groups is 1. The third-order valence-electron chi connectivity index (χ3n) is 2.60. The van der Waals surface area contributed by atoms with Gasteiger partial charge in [0.25, 0.3) is 5.70 Å². The van der Waals surface area contributed by atoms with Crippen LogP contribution in [0.15, 0.2) is 65.1 Å². The van der Waals surface area contributed by atoms with Crippen LogP contribution in [0.2, 0.25) is 0 Å².